The van der Waals surface area contributed by atoms with E-state index in [0.717, 1.165) is 26.9 Å². The number of halogens is 1. The first-order valence-corrected chi connectivity index (χ1v) is 9.06. The molecule has 0 saturated carbocycles. The highest BCUT2D eigenvalue weighted by molar-refractivity contribution is 7.22. The zero-order chi connectivity index (χ0) is 18.3. The van der Waals surface area contributed by atoms with Crippen molar-refractivity contribution in [3.63, 3.8) is 0 Å². The van der Waals surface area contributed by atoms with Crippen molar-refractivity contribution in [1.82, 2.24) is 9.97 Å². The molecule has 5 nitrogen and oxygen atoms in total. The summed E-state index contributed by atoms with van der Waals surface area (Å²) < 4.78 is 6.16. The minimum Gasteiger partial charge on any atom is -0.497 e. The van der Waals surface area contributed by atoms with Crippen LogP contribution in [0, 0.1) is 6.92 Å². The third kappa shape index (κ3) is 3.09. The van der Waals surface area contributed by atoms with E-state index >= 15 is 0 Å². The predicted octanol–water partition coefficient (Wildman–Crippen LogP) is 5.07. The number of nitrogens with zero attached hydrogens (tertiary/aromatic N) is 2. The smallest absolute Gasteiger partial charge is 0.259 e. The summed E-state index contributed by atoms with van der Waals surface area (Å²) in [7, 11) is 1.62. The number of hydrogen-bond acceptors (Lipinski definition) is 5. The van der Waals surface area contributed by atoms with E-state index in [1.807, 2.05) is 31.2 Å². The molecule has 1 amide bonds. The van der Waals surface area contributed by atoms with Crippen LogP contribution in [0.1, 0.15) is 16.1 Å². The standard InChI is InChI=1S/C19H14ClN3O2S/c1-10-14(8-11-7-12(20)3-5-15(11)21-10)18(24)23-19-22-16-6-4-13(25-2)9-17(16)26-19/h3-9H,1-2H3,(H,22,23,24). The van der Waals surface area contributed by atoms with Crippen molar-refractivity contribution >= 4 is 55.1 Å². The van der Waals surface area contributed by atoms with Crippen molar-refractivity contribution in [3.8, 4) is 5.75 Å². The average molecular weight is 384 g/mol. The fourth-order valence-electron chi connectivity index (χ4n) is 2.72. The topological polar surface area (TPSA) is 64.1 Å². The summed E-state index contributed by atoms with van der Waals surface area (Å²) in [5.74, 6) is 0.508. The number of carbonyl (C=O) groups is 1. The fourth-order valence-corrected chi connectivity index (χ4v) is 3.79. The molecule has 0 unspecified atom stereocenters. The number of amides is 1. The number of fused-ring (bicyclic) bond motifs is 2. The average Bonchev–Trinajstić information content (AvgIpc) is 3.02. The quantitative estimate of drug-likeness (QED) is 0.536. The SMILES string of the molecule is COc1ccc2nc(NC(=O)c3cc4cc(Cl)ccc4nc3C)sc2c1. The van der Waals surface area contributed by atoms with Crippen molar-refractivity contribution in [2.45, 2.75) is 6.92 Å². The Morgan fingerprint density at radius 2 is 1.92 bits per heavy atom. The summed E-state index contributed by atoms with van der Waals surface area (Å²) >= 11 is 7.44. The molecule has 0 aliphatic carbocycles. The Labute approximate surface area is 158 Å². The molecule has 0 aliphatic heterocycles. The van der Waals surface area contributed by atoms with E-state index in [0.29, 0.717) is 21.4 Å². The van der Waals surface area contributed by atoms with E-state index in [9.17, 15) is 4.79 Å². The number of aryl methyl sites for hydroxylation is 1. The summed E-state index contributed by atoms with van der Waals surface area (Å²) in [6.07, 6.45) is 0. The van der Waals surface area contributed by atoms with Crippen LogP contribution in [0.4, 0.5) is 5.13 Å². The van der Waals surface area contributed by atoms with Gasteiger partial charge < -0.3 is 4.74 Å². The molecule has 4 rings (SSSR count). The van der Waals surface area contributed by atoms with Gasteiger partial charge in [-0.15, -0.1) is 0 Å². The van der Waals surface area contributed by atoms with Gasteiger partial charge in [0.25, 0.3) is 5.91 Å². The number of aromatic nitrogens is 2. The molecule has 130 valence electrons. The van der Waals surface area contributed by atoms with E-state index in [-0.39, 0.29) is 5.91 Å². The van der Waals surface area contributed by atoms with Crippen LogP contribution in [0.3, 0.4) is 0 Å². The number of thiazole rings is 1. The molecular weight excluding hydrogens is 370 g/mol. The van der Waals surface area contributed by atoms with Crippen LogP contribution in [-0.4, -0.2) is 23.0 Å². The van der Waals surface area contributed by atoms with Gasteiger partial charge in [-0.2, -0.15) is 0 Å². The molecule has 7 heteroatoms. The lowest BCUT2D eigenvalue weighted by atomic mass is 10.1. The first-order valence-electron chi connectivity index (χ1n) is 7.86. The van der Waals surface area contributed by atoms with Gasteiger partial charge in [0.15, 0.2) is 5.13 Å². The highest BCUT2D eigenvalue weighted by Gasteiger charge is 2.14. The molecule has 4 aromatic rings. The molecule has 0 bridgehead atoms. The van der Waals surface area contributed by atoms with Gasteiger partial charge in [0, 0.05) is 10.4 Å². The molecule has 0 fully saturated rings. The molecule has 0 atom stereocenters. The summed E-state index contributed by atoms with van der Waals surface area (Å²) in [5.41, 5.74) is 2.76. The Bertz CT molecular complexity index is 1160. The maximum atomic E-state index is 12.7. The maximum absolute atomic E-state index is 12.7. The first kappa shape index (κ1) is 16.8. The fraction of sp³-hybridized carbons (Fsp3) is 0.105. The van der Waals surface area contributed by atoms with Gasteiger partial charge in [-0.3, -0.25) is 15.1 Å². The molecule has 2 aromatic heterocycles. The Balaban J connectivity index is 1.67. The van der Waals surface area contributed by atoms with Crippen LogP contribution in [0.25, 0.3) is 21.1 Å². The molecule has 1 N–H and O–H groups in total. The number of ether oxygens (including phenoxy) is 1. The second-order valence-corrected chi connectivity index (χ2v) is 7.23. The number of nitrogens with one attached hydrogen (secondary N) is 1. The van der Waals surface area contributed by atoms with E-state index < -0.39 is 0 Å². The van der Waals surface area contributed by atoms with Gasteiger partial charge in [-0.1, -0.05) is 22.9 Å². The van der Waals surface area contributed by atoms with Crippen LogP contribution < -0.4 is 10.1 Å². The van der Waals surface area contributed by atoms with Crippen LogP contribution in [-0.2, 0) is 0 Å². The molecular formula is C19H14ClN3O2S. The number of anilines is 1. The Morgan fingerprint density at radius 3 is 2.73 bits per heavy atom. The van der Waals surface area contributed by atoms with Gasteiger partial charge in [0.2, 0.25) is 0 Å². The van der Waals surface area contributed by atoms with Crippen molar-refractivity contribution in [1.29, 1.82) is 0 Å². The minimum absolute atomic E-state index is 0.247. The summed E-state index contributed by atoms with van der Waals surface area (Å²) in [5, 5.41) is 4.82. The second kappa shape index (κ2) is 6.55. The molecule has 26 heavy (non-hydrogen) atoms. The second-order valence-electron chi connectivity index (χ2n) is 5.77. The van der Waals surface area contributed by atoms with Crippen molar-refractivity contribution in [3.05, 3.63) is 58.7 Å². The summed E-state index contributed by atoms with van der Waals surface area (Å²) in [6.45, 7) is 1.81. The molecule has 0 spiro atoms. The number of benzene rings is 2. The Kier molecular flexibility index (Phi) is 4.22. The largest absolute Gasteiger partial charge is 0.497 e. The minimum atomic E-state index is -0.247. The lowest BCUT2D eigenvalue weighted by Gasteiger charge is -2.07. The third-order valence-electron chi connectivity index (χ3n) is 4.03. The third-order valence-corrected chi connectivity index (χ3v) is 5.20. The van der Waals surface area contributed by atoms with Gasteiger partial charge in [0.05, 0.1) is 34.1 Å². The van der Waals surface area contributed by atoms with Crippen molar-refractivity contribution in [2.24, 2.45) is 0 Å². The maximum Gasteiger partial charge on any atom is 0.259 e. The van der Waals surface area contributed by atoms with E-state index in [2.05, 4.69) is 15.3 Å². The van der Waals surface area contributed by atoms with E-state index in [1.54, 1.807) is 25.3 Å². The van der Waals surface area contributed by atoms with Gasteiger partial charge in [-0.05, 0) is 49.4 Å². The van der Waals surface area contributed by atoms with Gasteiger partial charge in [0.1, 0.15) is 5.75 Å². The molecule has 0 aliphatic rings. The number of pyridine rings is 1. The number of methoxy groups -OCH3 is 1. The van der Waals surface area contributed by atoms with Crippen LogP contribution >= 0.6 is 22.9 Å². The summed E-state index contributed by atoms with van der Waals surface area (Å²) in [4.78, 5) is 21.7. The summed E-state index contributed by atoms with van der Waals surface area (Å²) in [6, 6.07) is 12.8. The first-order chi connectivity index (χ1) is 12.5. The van der Waals surface area contributed by atoms with Crippen LogP contribution in [0.2, 0.25) is 5.02 Å². The lowest BCUT2D eigenvalue weighted by Crippen LogP contribution is -2.14. The van der Waals surface area contributed by atoms with Gasteiger partial charge >= 0.3 is 0 Å². The van der Waals surface area contributed by atoms with Crippen LogP contribution in [0.5, 0.6) is 5.75 Å². The molecule has 2 aromatic carbocycles. The zero-order valence-electron chi connectivity index (χ0n) is 14.0. The van der Waals surface area contributed by atoms with E-state index in [4.69, 9.17) is 16.3 Å². The highest BCUT2D eigenvalue weighted by atomic mass is 35.5. The molecule has 2 heterocycles. The Morgan fingerprint density at radius 1 is 1.12 bits per heavy atom. The van der Waals surface area contributed by atoms with Crippen molar-refractivity contribution < 1.29 is 9.53 Å². The zero-order valence-corrected chi connectivity index (χ0v) is 15.6. The van der Waals surface area contributed by atoms with Gasteiger partial charge in [-0.25, -0.2) is 4.98 Å². The predicted molar refractivity (Wildman–Crippen MR) is 106 cm³/mol. The monoisotopic (exact) mass is 383 g/mol. The normalized spacial score (nSPS) is 11.0. The number of hydrogen-bond donors (Lipinski definition) is 1. The number of carbonyl (C=O) groups excluding carboxylic acids is 1. The Hall–Kier alpha value is -2.70. The lowest BCUT2D eigenvalue weighted by molar-refractivity contribution is 0.102. The molecule has 0 saturated heterocycles. The van der Waals surface area contributed by atoms with E-state index in [1.165, 1.54) is 11.3 Å². The van der Waals surface area contributed by atoms with Crippen molar-refractivity contribution in [2.75, 3.05) is 12.4 Å². The molecule has 0 radical (unpaired) electrons. The highest BCUT2D eigenvalue weighted by Crippen LogP contribution is 2.30. The number of rotatable bonds is 3. The van der Waals surface area contributed by atoms with Crippen LogP contribution in [0.15, 0.2) is 42.5 Å².